The lowest BCUT2D eigenvalue weighted by atomic mass is 9.96. The first-order chi connectivity index (χ1) is 16.0. The minimum Gasteiger partial charge on any atom is -0.407 e. The standard InChI is InChI=1S/C28H41IO3Si/c1-28(2,3)33(25-16-8-4-9-17-25,26-18-10-5-11-19-26)32-21-12-6-7-14-24(15-13-20-29)27-30-22-23-31-27/h4-5,8-11,16-19,24,27H,6-7,12-15,20-23H2,1-3H3. The number of rotatable bonds is 13. The lowest BCUT2D eigenvalue weighted by Crippen LogP contribution is -2.66. The molecule has 3 rings (SSSR count). The van der Waals surface area contributed by atoms with Crippen molar-refractivity contribution in [3.63, 3.8) is 0 Å². The number of ether oxygens (including phenoxy) is 2. The summed E-state index contributed by atoms with van der Waals surface area (Å²) in [6, 6.07) is 21.9. The average Bonchev–Trinajstić information content (AvgIpc) is 3.36. The molecule has 0 radical (unpaired) electrons. The highest BCUT2D eigenvalue weighted by Crippen LogP contribution is 2.37. The van der Waals surface area contributed by atoms with E-state index >= 15 is 0 Å². The van der Waals surface area contributed by atoms with Crippen molar-refractivity contribution in [1.29, 1.82) is 0 Å². The second-order valence-electron chi connectivity index (χ2n) is 10.1. The van der Waals surface area contributed by atoms with Crippen molar-refractivity contribution in [2.75, 3.05) is 24.2 Å². The second-order valence-corrected chi connectivity index (χ2v) is 15.4. The molecule has 1 unspecified atom stereocenters. The van der Waals surface area contributed by atoms with Crippen molar-refractivity contribution in [1.82, 2.24) is 0 Å². The van der Waals surface area contributed by atoms with Crippen molar-refractivity contribution >= 4 is 41.3 Å². The van der Waals surface area contributed by atoms with Crippen LogP contribution in [0.15, 0.2) is 60.7 Å². The molecule has 1 atom stereocenters. The number of unbranched alkanes of at least 4 members (excludes halogenated alkanes) is 2. The highest BCUT2D eigenvalue weighted by atomic mass is 127. The fourth-order valence-electron chi connectivity index (χ4n) is 5.08. The van der Waals surface area contributed by atoms with Crippen LogP contribution in [0.4, 0.5) is 0 Å². The van der Waals surface area contributed by atoms with Gasteiger partial charge in [0.25, 0.3) is 8.32 Å². The van der Waals surface area contributed by atoms with E-state index in [4.69, 9.17) is 13.9 Å². The Kier molecular flexibility index (Phi) is 10.9. The van der Waals surface area contributed by atoms with Crippen LogP contribution >= 0.6 is 22.6 Å². The molecule has 0 N–H and O–H groups in total. The van der Waals surface area contributed by atoms with Crippen molar-refractivity contribution in [3.8, 4) is 0 Å². The Balaban J connectivity index is 1.62. The van der Waals surface area contributed by atoms with Crippen LogP contribution in [-0.4, -0.2) is 38.9 Å². The van der Waals surface area contributed by atoms with E-state index in [1.807, 2.05) is 0 Å². The van der Waals surface area contributed by atoms with E-state index in [1.165, 1.54) is 46.9 Å². The maximum absolute atomic E-state index is 7.03. The van der Waals surface area contributed by atoms with Gasteiger partial charge in [0, 0.05) is 12.5 Å². The molecule has 0 bridgehead atoms. The Morgan fingerprint density at radius 1 is 0.848 bits per heavy atom. The Hall–Kier alpha value is -0.733. The molecule has 0 aliphatic carbocycles. The summed E-state index contributed by atoms with van der Waals surface area (Å²) >= 11 is 2.47. The molecule has 1 heterocycles. The predicted molar refractivity (Wildman–Crippen MR) is 149 cm³/mol. The fraction of sp³-hybridized carbons (Fsp3) is 0.571. The van der Waals surface area contributed by atoms with Crippen molar-refractivity contribution in [3.05, 3.63) is 60.7 Å². The van der Waals surface area contributed by atoms with Gasteiger partial charge >= 0.3 is 0 Å². The van der Waals surface area contributed by atoms with Gasteiger partial charge in [-0.15, -0.1) is 0 Å². The molecule has 1 aliphatic heterocycles. The van der Waals surface area contributed by atoms with Gasteiger partial charge in [0.05, 0.1) is 13.2 Å². The zero-order chi connectivity index (χ0) is 23.6. The molecule has 0 saturated carbocycles. The molecule has 5 heteroatoms. The maximum atomic E-state index is 7.03. The summed E-state index contributed by atoms with van der Waals surface area (Å²) in [6.07, 6.45) is 7.13. The molecule has 33 heavy (non-hydrogen) atoms. The summed E-state index contributed by atoms with van der Waals surface area (Å²) in [7, 11) is -2.41. The van der Waals surface area contributed by atoms with Crippen molar-refractivity contribution in [2.45, 2.75) is 70.6 Å². The summed E-state index contributed by atoms with van der Waals surface area (Å²) in [5.41, 5.74) is 0. The highest BCUT2D eigenvalue weighted by molar-refractivity contribution is 14.1. The minimum absolute atomic E-state index is 0.0151. The fourth-order valence-corrected chi connectivity index (χ4v) is 10.1. The third kappa shape index (κ3) is 7.13. The zero-order valence-corrected chi connectivity index (χ0v) is 23.8. The topological polar surface area (TPSA) is 27.7 Å². The van der Waals surface area contributed by atoms with Gasteiger partial charge < -0.3 is 13.9 Å². The summed E-state index contributed by atoms with van der Waals surface area (Å²) in [6.45, 7) is 9.34. The lowest BCUT2D eigenvalue weighted by Gasteiger charge is -2.43. The largest absolute Gasteiger partial charge is 0.407 e. The highest BCUT2D eigenvalue weighted by Gasteiger charge is 2.49. The van der Waals surface area contributed by atoms with E-state index in [1.54, 1.807) is 0 Å². The number of hydrogen-bond donors (Lipinski definition) is 0. The molecule has 182 valence electrons. The predicted octanol–water partition coefficient (Wildman–Crippen LogP) is 6.33. The first kappa shape index (κ1) is 26.9. The Bertz CT molecular complexity index is 748. The molecule has 2 aromatic rings. The van der Waals surface area contributed by atoms with Gasteiger partial charge in [-0.05, 0) is 45.5 Å². The Morgan fingerprint density at radius 2 is 1.39 bits per heavy atom. The number of alkyl halides is 1. The monoisotopic (exact) mass is 580 g/mol. The van der Waals surface area contributed by atoms with Crippen LogP contribution in [0.5, 0.6) is 0 Å². The van der Waals surface area contributed by atoms with E-state index in [2.05, 4.69) is 104 Å². The number of hydrogen-bond acceptors (Lipinski definition) is 3. The van der Waals surface area contributed by atoms with Crippen LogP contribution in [0.2, 0.25) is 5.04 Å². The zero-order valence-electron chi connectivity index (χ0n) is 20.6. The smallest absolute Gasteiger partial charge is 0.261 e. The van der Waals surface area contributed by atoms with Crippen molar-refractivity contribution < 1.29 is 13.9 Å². The van der Waals surface area contributed by atoms with E-state index in [-0.39, 0.29) is 11.3 Å². The molecular weight excluding hydrogens is 539 g/mol. The van der Waals surface area contributed by atoms with Crippen LogP contribution < -0.4 is 10.4 Å². The van der Waals surface area contributed by atoms with Gasteiger partial charge in [-0.25, -0.2) is 0 Å². The van der Waals surface area contributed by atoms with Gasteiger partial charge in [-0.3, -0.25) is 0 Å². The van der Waals surface area contributed by atoms with Crippen LogP contribution in [-0.2, 0) is 13.9 Å². The molecule has 1 saturated heterocycles. The Morgan fingerprint density at radius 3 is 1.91 bits per heavy atom. The van der Waals surface area contributed by atoms with Gasteiger partial charge in [-0.2, -0.15) is 0 Å². The van der Waals surface area contributed by atoms with Gasteiger partial charge in [0.2, 0.25) is 0 Å². The summed E-state index contributed by atoms with van der Waals surface area (Å²) in [5.74, 6) is 0.528. The number of halogens is 1. The van der Waals surface area contributed by atoms with Crippen LogP contribution in [0.3, 0.4) is 0 Å². The summed E-state index contributed by atoms with van der Waals surface area (Å²) < 4.78 is 19.9. The summed E-state index contributed by atoms with van der Waals surface area (Å²) in [5, 5.41) is 2.76. The average molecular weight is 581 g/mol. The first-order valence-electron chi connectivity index (χ1n) is 12.5. The van der Waals surface area contributed by atoms with E-state index in [9.17, 15) is 0 Å². The van der Waals surface area contributed by atoms with Gasteiger partial charge in [0.1, 0.15) is 0 Å². The molecule has 2 aromatic carbocycles. The minimum atomic E-state index is -2.41. The van der Waals surface area contributed by atoms with E-state index < -0.39 is 8.32 Å². The lowest BCUT2D eigenvalue weighted by molar-refractivity contribution is -0.0881. The number of benzene rings is 2. The quantitative estimate of drug-likeness (QED) is 0.120. The van der Waals surface area contributed by atoms with E-state index in [0.717, 1.165) is 26.2 Å². The maximum Gasteiger partial charge on any atom is 0.261 e. The molecule has 0 spiro atoms. The second kappa shape index (κ2) is 13.4. The normalized spacial score (nSPS) is 16.2. The van der Waals surface area contributed by atoms with Crippen LogP contribution in [0, 0.1) is 5.92 Å². The van der Waals surface area contributed by atoms with E-state index in [0.29, 0.717) is 5.92 Å². The molecular formula is C28H41IO3Si. The van der Waals surface area contributed by atoms with Crippen molar-refractivity contribution in [2.24, 2.45) is 5.92 Å². The van der Waals surface area contributed by atoms with Crippen LogP contribution in [0.25, 0.3) is 0 Å². The van der Waals surface area contributed by atoms with Crippen LogP contribution in [0.1, 0.15) is 59.3 Å². The SMILES string of the molecule is CC(C)(C)[Si](OCCCCCC(CCCI)C1OCCO1)(c1ccccc1)c1ccccc1. The Labute approximate surface area is 215 Å². The summed E-state index contributed by atoms with van der Waals surface area (Å²) in [4.78, 5) is 0. The molecule has 1 aliphatic rings. The van der Waals surface area contributed by atoms with Gasteiger partial charge in [-0.1, -0.05) is 117 Å². The third-order valence-corrected chi connectivity index (χ3v) is 12.5. The molecule has 1 fully saturated rings. The third-order valence-electron chi connectivity index (χ3n) is 6.70. The van der Waals surface area contributed by atoms with Gasteiger partial charge in [0.15, 0.2) is 6.29 Å². The molecule has 3 nitrogen and oxygen atoms in total. The molecule has 0 aromatic heterocycles. The molecule has 0 amide bonds. The first-order valence-corrected chi connectivity index (χ1v) is 16.0.